The molecular formula is C15H15FN2S2. The smallest absolute Gasteiger partial charge is 0.124 e. The molecule has 0 bridgehead atoms. The Bertz CT molecular complexity index is 732. The number of aryl methyl sites for hydroxylation is 1. The van der Waals surface area contributed by atoms with Crippen molar-refractivity contribution in [3.05, 3.63) is 51.0 Å². The highest BCUT2D eigenvalue weighted by molar-refractivity contribution is 7.19. The Labute approximate surface area is 125 Å². The Kier molecular flexibility index (Phi) is 3.83. The summed E-state index contributed by atoms with van der Waals surface area (Å²) in [5, 5.41) is 7.64. The Hall–Kier alpha value is -1.30. The second-order valence-electron chi connectivity index (χ2n) is 4.76. The third-order valence-electron chi connectivity index (χ3n) is 3.24. The quantitative estimate of drug-likeness (QED) is 0.777. The van der Waals surface area contributed by atoms with E-state index in [1.54, 1.807) is 28.7 Å². The van der Waals surface area contributed by atoms with Crippen LogP contribution in [0.3, 0.4) is 0 Å². The van der Waals surface area contributed by atoms with Crippen molar-refractivity contribution in [1.29, 1.82) is 0 Å². The predicted octanol–water partition coefficient (Wildman–Crippen LogP) is 4.31. The van der Waals surface area contributed by atoms with E-state index in [1.165, 1.54) is 10.9 Å². The topological polar surface area (TPSA) is 24.9 Å². The van der Waals surface area contributed by atoms with Gasteiger partial charge in [0.1, 0.15) is 5.82 Å². The van der Waals surface area contributed by atoms with Gasteiger partial charge < -0.3 is 5.32 Å². The largest absolute Gasteiger partial charge is 0.312 e. The molecule has 1 aromatic carbocycles. The number of fused-ring (bicyclic) bond motifs is 1. The molecule has 104 valence electrons. The predicted molar refractivity (Wildman–Crippen MR) is 84.1 cm³/mol. The first-order valence-electron chi connectivity index (χ1n) is 6.43. The van der Waals surface area contributed by atoms with Gasteiger partial charge in [0.15, 0.2) is 0 Å². The molecule has 0 fully saturated rings. The van der Waals surface area contributed by atoms with Gasteiger partial charge in [-0.25, -0.2) is 9.37 Å². The summed E-state index contributed by atoms with van der Waals surface area (Å²) in [5.41, 5.74) is 1.07. The Morgan fingerprint density at radius 2 is 2.20 bits per heavy atom. The van der Waals surface area contributed by atoms with E-state index in [9.17, 15) is 4.39 Å². The maximum absolute atomic E-state index is 13.3. The standard InChI is InChI=1S/C15H15FN2S2/c1-9-8-19-15(18-9)7-12(17-2)14-5-10-3-4-11(16)6-13(10)20-14/h3-6,8,12,17H,7H2,1-2H3. The van der Waals surface area contributed by atoms with Gasteiger partial charge in [-0.3, -0.25) is 0 Å². The molecule has 2 aromatic heterocycles. The lowest BCUT2D eigenvalue weighted by molar-refractivity contribution is 0.600. The maximum atomic E-state index is 13.3. The van der Waals surface area contributed by atoms with E-state index < -0.39 is 0 Å². The van der Waals surface area contributed by atoms with Crippen LogP contribution in [0, 0.1) is 12.7 Å². The van der Waals surface area contributed by atoms with Crippen LogP contribution >= 0.6 is 22.7 Å². The highest BCUT2D eigenvalue weighted by atomic mass is 32.1. The Balaban J connectivity index is 1.90. The number of nitrogens with zero attached hydrogens (tertiary/aromatic N) is 1. The van der Waals surface area contributed by atoms with Gasteiger partial charge in [0.2, 0.25) is 0 Å². The first-order valence-corrected chi connectivity index (χ1v) is 8.12. The molecule has 0 saturated carbocycles. The van der Waals surface area contributed by atoms with Crippen molar-refractivity contribution >= 4 is 32.8 Å². The number of aromatic nitrogens is 1. The van der Waals surface area contributed by atoms with Crippen LogP contribution in [-0.4, -0.2) is 12.0 Å². The van der Waals surface area contributed by atoms with Crippen molar-refractivity contribution in [2.75, 3.05) is 7.05 Å². The van der Waals surface area contributed by atoms with E-state index in [2.05, 4.69) is 21.7 Å². The van der Waals surface area contributed by atoms with Crippen LogP contribution in [0.5, 0.6) is 0 Å². The molecule has 20 heavy (non-hydrogen) atoms. The molecular weight excluding hydrogens is 291 g/mol. The van der Waals surface area contributed by atoms with E-state index in [-0.39, 0.29) is 11.9 Å². The normalized spacial score (nSPS) is 12.9. The number of likely N-dealkylation sites (N-methyl/N-ethyl adjacent to an activating group) is 1. The lowest BCUT2D eigenvalue weighted by atomic mass is 10.1. The van der Waals surface area contributed by atoms with E-state index in [4.69, 9.17) is 0 Å². The van der Waals surface area contributed by atoms with Crippen molar-refractivity contribution in [2.24, 2.45) is 0 Å². The van der Waals surface area contributed by atoms with Gasteiger partial charge >= 0.3 is 0 Å². The summed E-state index contributed by atoms with van der Waals surface area (Å²) >= 11 is 3.34. The second-order valence-corrected chi connectivity index (χ2v) is 6.82. The molecule has 0 saturated heterocycles. The molecule has 1 unspecified atom stereocenters. The Morgan fingerprint density at radius 3 is 2.90 bits per heavy atom. The van der Waals surface area contributed by atoms with Crippen molar-refractivity contribution in [2.45, 2.75) is 19.4 Å². The van der Waals surface area contributed by atoms with Gasteiger partial charge in [0.05, 0.1) is 5.01 Å². The third kappa shape index (κ3) is 2.75. The summed E-state index contributed by atoms with van der Waals surface area (Å²) in [6.07, 6.45) is 0.865. The minimum absolute atomic E-state index is 0.178. The minimum Gasteiger partial charge on any atom is -0.312 e. The SMILES string of the molecule is CNC(Cc1nc(C)cs1)c1cc2ccc(F)cc2s1. The van der Waals surface area contributed by atoms with Crippen LogP contribution in [0.25, 0.3) is 10.1 Å². The van der Waals surface area contributed by atoms with E-state index in [0.717, 1.165) is 27.2 Å². The minimum atomic E-state index is -0.178. The summed E-state index contributed by atoms with van der Waals surface area (Å²) in [6, 6.07) is 7.31. The van der Waals surface area contributed by atoms with E-state index in [1.807, 2.05) is 20.0 Å². The van der Waals surface area contributed by atoms with Crippen molar-refractivity contribution in [3.8, 4) is 0 Å². The van der Waals surface area contributed by atoms with Crippen LogP contribution in [0.4, 0.5) is 4.39 Å². The van der Waals surface area contributed by atoms with Crippen LogP contribution in [-0.2, 0) is 6.42 Å². The second kappa shape index (κ2) is 5.60. The number of thiazole rings is 1. The van der Waals surface area contributed by atoms with Crippen LogP contribution in [0.1, 0.15) is 21.6 Å². The lowest BCUT2D eigenvalue weighted by Crippen LogP contribution is -2.17. The number of benzene rings is 1. The van der Waals surface area contributed by atoms with Gasteiger partial charge in [-0.2, -0.15) is 0 Å². The number of hydrogen-bond acceptors (Lipinski definition) is 4. The van der Waals surface area contributed by atoms with Gasteiger partial charge in [-0.05, 0) is 37.6 Å². The zero-order chi connectivity index (χ0) is 14.1. The summed E-state index contributed by atoms with van der Waals surface area (Å²) in [5.74, 6) is -0.178. The summed E-state index contributed by atoms with van der Waals surface area (Å²) in [7, 11) is 1.95. The number of rotatable bonds is 4. The molecule has 0 radical (unpaired) electrons. The first kappa shape index (κ1) is 13.7. The van der Waals surface area contributed by atoms with Gasteiger partial charge in [-0.1, -0.05) is 6.07 Å². The molecule has 3 rings (SSSR count). The molecule has 0 aliphatic rings. The fraction of sp³-hybridized carbons (Fsp3) is 0.267. The molecule has 0 amide bonds. The average Bonchev–Trinajstić information content (AvgIpc) is 3.01. The zero-order valence-corrected chi connectivity index (χ0v) is 12.9. The fourth-order valence-corrected chi connectivity index (χ4v) is 4.23. The molecule has 3 aromatic rings. The van der Waals surface area contributed by atoms with E-state index in [0.29, 0.717) is 0 Å². The Morgan fingerprint density at radius 1 is 1.35 bits per heavy atom. The van der Waals surface area contributed by atoms with Gasteiger partial charge in [0, 0.05) is 33.1 Å². The van der Waals surface area contributed by atoms with Crippen LogP contribution in [0.2, 0.25) is 0 Å². The van der Waals surface area contributed by atoms with Crippen LogP contribution < -0.4 is 5.32 Å². The third-order valence-corrected chi connectivity index (χ3v) is 5.44. The molecule has 2 heterocycles. The van der Waals surface area contributed by atoms with Crippen molar-refractivity contribution in [3.63, 3.8) is 0 Å². The molecule has 1 atom stereocenters. The molecule has 0 aliphatic heterocycles. The number of thiophene rings is 1. The number of halogens is 1. The zero-order valence-electron chi connectivity index (χ0n) is 11.3. The molecule has 0 aliphatic carbocycles. The highest BCUT2D eigenvalue weighted by Crippen LogP contribution is 2.32. The summed E-state index contributed by atoms with van der Waals surface area (Å²) < 4.78 is 14.3. The monoisotopic (exact) mass is 306 g/mol. The number of hydrogen-bond donors (Lipinski definition) is 1. The van der Waals surface area contributed by atoms with Gasteiger partial charge in [-0.15, -0.1) is 22.7 Å². The van der Waals surface area contributed by atoms with Crippen molar-refractivity contribution < 1.29 is 4.39 Å². The fourth-order valence-electron chi connectivity index (χ4n) is 2.21. The average molecular weight is 306 g/mol. The molecule has 1 N–H and O–H groups in total. The number of nitrogens with one attached hydrogen (secondary N) is 1. The van der Waals surface area contributed by atoms with Crippen molar-refractivity contribution in [1.82, 2.24) is 10.3 Å². The highest BCUT2D eigenvalue weighted by Gasteiger charge is 2.15. The molecule has 5 heteroatoms. The van der Waals surface area contributed by atoms with Gasteiger partial charge in [0.25, 0.3) is 0 Å². The lowest BCUT2D eigenvalue weighted by Gasteiger charge is -2.12. The molecule has 2 nitrogen and oxygen atoms in total. The summed E-state index contributed by atoms with van der Waals surface area (Å²) in [6.45, 7) is 2.01. The molecule has 0 spiro atoms. The first-order chi connectivity index (χ1) is 9.65. The summed E-state index contributed by atoms with van der Waals surface area (Å²) in [4.78, 5) is 5.74. The van der Waals surface area contributed by atoms with E-state index >= 15 is 0 Å². The van der Waals surface area contributed by atoms with Crippen LogP contribution in [0.15, 0.2) is 29.6 Å². The maximum Gasteiger partial charge on any atom is 0.124 e.